The van der Waals surface area contributed by atoms with E-state index in [1.807, 2.05) is 31.2 Å². The molecule has 0 bridgehead atoms. The monoisotopic (exact) mass is 177 g/mol. The highest BCUT2D eigenvalue weighted by Crippen LogP contribution is 2.01. The van der Waals surface area contributed by atoms with Crippen molar-refractivity contribution in [3.63, 3.8) is 0 Å². The van der Waals surface area contributed by atoms with Gasteiger partial charge in [-0.3, -0.25) is 4.79 Å². The molecule has 70 valence electrons. The molecule has 0 radical (unpaired) electrons. The first-order valence-electron chi connectivity index (χ1n) is 4.66. The van der Waals surface area contributed by atoms with Gasteiger partial charge in [-0.2, -0.15) is 0 Å². The van der Waals surface area contributed by atoms with Crippen molar-refractivity contribution in [1.29, 1.82) is 0 Å². The summed E-state index contributed by atoms with van der Waals surface area (Å²) in [6, 6.07) is 0. The summed E-state index contributed by atoms with van der Waals surface area (Å²) in [6.45, 7) is 2.00. The fraction of sp³-hybridized carbons (Fsp3) is 0.364. The molecule has 0 atom stereocenters. The quantitative estimate of drug-likeness (QED) is 0.704. The SMILES string of the molecule is CCCC(=O)NC1=CC=CCC=C1. The molecule has 0 heterocycles. The summed E-state index contributed by atoms with van der Waals surface area (Å²) < 4.78 is 0. The highest BCUT2D eigenvalue weighted by Gasteiger charge is 2.00. The molecule has 0 aromatic heterocycles. The molecule has 0 spiro atoms. The van der Waals surface area contributed by atoms with Gasteiger partial charge in [0.25, 0.3) is 0 Å². The van der Waals surface area contributed by atoms with Crippen molar-refractivity contribution in [2.45, 2.75) is 26.2 Å². The fourth-order valence-corrected chi connectivity index (χ4v) is 1.11. The normalized spacial score (nSPS) is 15.0. The maximum Gasteiger partial charge on any atom is 0.224 e. The number of allylic oxidation sites excluding steroid dienone is 5. The van der Waals surface area contributed by atoms with E-state index in [9.17, 15) is 4.79 Å². The predicted octanol–water partition coefficient (Wildman–Crippen LogP) is 2.30. The van der Waals surface area contributed by atoms with Crippen LogP contribution in [0.5, 0.6) is 0 Å². The molecule has 2 nitrogen and oxygen atoms in total. The Hall–Kier alpha value is -1.31. The molecule has 0 aromatic carbocycles. The number of nitrogens with one attached hydrogen (secondary N) is 1. The zero-order chi connectivity index (χ0) is 9.52. The van der Waals surface area contributed by atoms with Crippen molar-refractivity contribution in [2.24, 2.45) is 0 Å². The second-order valence-electron chi connectivity index (χ2n) is 2.99. The lowest BCUT2D eigenvalue weighted by Crippen LogP contribution is -2.20. The van der Waals surface area contributed by atoms with Crippen LogP contribution in [-0.2, 0) is 4.79 Å². The van der Waals surface area contributed by atoms with Crippen LogP contribution in [0.4, 0.5) is 0 Å². The standard InChI is InChI=1S/C11H15NO/c1-2-7-11(13)12-10-8-5-3-4-6-9-10/h3,5-6,8-9H,2,4,7H2,1H3,(H,12,13). The van der Waals surface area contributed by atoms with Crippen molar-refractivity contribution in [2.75, 3.05) is 0 Å². The van der Waals surface area contributed by atoms with Crippen LogP contribution in [0.1, 0.15) is 26.2 Å². The van der Waals surface area contributed by atoms with Gasteiger partial charge in [-0.15, -0.1) is 0 Å². The first-order chi connectivity index (χ1) is 6.33. The smallest absolute Gasteiger partial charge is 0.224 e. The second kappa shape index (κ2) is 5.36. The summed E-state index contributed by atoms with van der Waals surface area (Å²) in [5.41, 5.74) is 0.882. The lowest BCUT2D eigenvalue weighted by atomic mass is 10.3. The Labute approximate surface area is 79.0 Å². The molecule has 1 aliphatic rings. The zero-order valence-electron chi connectivity index (χ0n) is 7.92. The molecule has 1 aliphatic carbocycles. The Morgan fingerprint density at radius 3 is 3.15 bits per heavy atom. The topological polar surface area (TPSA) is 29.1 Å². The van der Waals surface area contributed by atoms with Crippen molar-refractivity contribution in [3.8, 4) is 0 Å². The summed E-state index contributed by atoms with van der Waals surface area (Å²) in [6.07, 6.45) is 12.3. The maximum atomic E-state index is 11.2. The summed E-state index contributed by atoms with van der Waals surface area (Å²) in [5, 5.41) is 2.84. The number of amides is 1. The third-order valence-corrected chi connectivity index (χ3v) is 1.74. The van der Waals surface area contributed by atoms with E-state index < -0.39 is 0 Å². The van der Waals surface area contributed by atoms with E-state index in [-0.39, 0.29) is 5.91 Å². The largest absolute Gasteiger partial charge is 0.326 e. The Morgan fingerprint density at radius 2 is 2.38 bits per heavy atom. The predicted molar refractivity (Wildman–Crippen MR) is 54.0 cm³/mol. The molecule has 0 fully saturated rings. The van der Waals surface area contributed by atoms with Gasteiger partial charge in [-0.25, -0.2) is 0 Å². The molecular formula is C11H15NO. The first kappa shape index (κ1) is 9.78. The fourth-order valence-electron chi connectivity index (χ4n) is 1.11. The molecular weight excluding hydrogens is 162 g/mol. The Bertz CT molecular complexity index is 261. The van der Waals surface area contributed by atoms with Crippen LogP contribution >= 0.6 is 0 Å². The summed E-state index contributed by atoms with van der Waals surface area (Å²) in [4.78, 5) is 11.2. The van der Waals surface area contributed by atoms with Crippen LogP contribution in [-0.4, -0.2) is 5.91 Å². The minimum absolute atomic E-state index is 0.0914. The molecule has 13 heavy (non-hydrogen) atoms. The lowest BCUT2D eigenvalue weighted by molar-refractivity contribution is -0.120. The zero-order valence-corrected chi connectivity index (χ0v) is 7.92. The van der Waals surface area contributed by atoms with Gasteiger partial charge in [0.1, 0.15) is 0 Å². The van der Waals surface area contributed by atoms with E-state index in [1.165, 1.54) is 0 Å². The van der Waals surface area contributed by atoms with E-state index in [0.29, 0.717) is 6.42 Å². The van der Waals surface area contributed by atoms with E-state index in [2.05, 4.69) is 11.4 Å². The van der Waals surface area contributed by atoms with Gasteiger partial charge >= 0.3 is 0 Å². The van der Waals surface area contributed by atoms with Gasteiger partial charge in [-0.05, 0) is 25.0 Å². The van der Waals surface area contributed by atoms with Crippen LogP contribution in [0.3, 0.4) is 0 Å². The maximum absolute atomic E-state index is 11.2. The van der Waals surface area contributed by atoms with Gasteiger partial charge < -0.3 is 5.32 Å². The minimum atomic E-state index is 0.0914. The van der Waals surface area contributed by atoms with Crippen molar-refractivity contribution in [3.05, 3.63) is 36.1 Å². The molecule has 1 N–H and O–H groups in total. The number of hydrogen-bond donors (Lipinski definition) is 1. The molecule has 2 heteroatoms. The van der Waals surface area contributed by atoms with Gasteiger partial charge in [0.15, 0.2) is 0 Å². The van der Waals surface area contributed by atoms with Crippen LogP contribution in [0.15, 0.2) is 36.1 Å². The van der Waals surface area contributed by atoms with Crippen molar-refractivity contribution < 1.29 is 4.79 Å². The van der Waals surface area contributed by atoms with Gasteiger partial charge in [0.05, 0.1) is 0 Å². The molecule has 0 aromatic rings. The highest BCUT2D eigenvalue weighted by atomic mass is 16.1. The first-order valence-corrected chi connectivity index (χ1v) is 4.66. The second-order valence-corrected chi connectivity index (χ2v) is 2.99. The van der Waals surface area contributed by atoms with Gasteiger partial charge in [-0.1, -0.05) is 25.2 Å². The number of hydrogen-bond acceptors (Lipinski definition) is 1. The third kappa shape index (κ3) is 3.74. The van der Waals surface area contributed by atoms with E-state index in [0.717, 1.165) is 18.5 Å². The van der Waals surface area contributed by atoms with Crippen molar-refractivity contribution in [1.82, 2.24) is 5.32 Å². The molecule has 0 unspecified atom stereocenters. The van der Waals surface area contributed by atoms with E-state index >= 15 is 0 Å². The van der Waals surface area contributed by atoms with Gasteiger partial charge in [0, 0.05) is 12.1 Å². The third-order valence-electron chi connectivity index (χ3n) is 1.74. The Balaban J connectivity index is 2.47. The number of rotatable bonds is 3. The Kier molecular flexibility index (Phi) is 4.03. The average Bonchev–Trinajstić information content (AvgIpc) is 2.33. The Morgan fingerprint density at radius 1 is 1.54 bits per heavy atom. The van der Waals surface area contributed by atoms with Crippen molar-refractivity contribution >= 4 is 5.91 Å². The summed E-state index contributed by atoms with van der Waals surface area (Å²) >= 11 is 0. The molecule has 0 saturated carbocycles. The molecule has 0 aliphatic heterocycles. The summed E-state index contributed by atoms with van der Waals surface area (Å²) in [7, 11) is 0. The van der Waals surface area contributed by atoms with Crippen LogP contribution < -0.4 is 5.32 Å². The van der Waals surface area contributed by atoms with E-state index in [4.69, 9.17) is 0 Å². The highest BCUT2D eigenvalue weighted by molar-refractivity contribution is 5.78. The molecule has 0 saturated heterocycles. The van der Waals surface area contributed by atoms with E-state index in [1.54, 1.807) is 0 Å². The lowest BCUT2D eigenvalue weighted by Gasteiger charge is -2.03. The minimum Gasteiger partial charge on any atom is -0.326 e. The van der Waals surface area contributed by atoms with Crippen LogP contribution in [0.25, 0.3) is 0 Å². The molecule has 1 amide bonds. The van der Waals surface area contributed by atoms with Gasteiger partial charge in [0.2, 0.25) is 5.91 Å². The number of carbonyl (C=O) groups excluding carboxylic acids is 1. The van der Waals surface area contributed by atoms with Crippen LogP contribution in [0.2, 0.25) is 0 Å². The number of carbonyl (C=O) groups is 1. The summed E-state index contributed by atoms with van der Waals surface area (Å²) in [5.74, 6) is 0.0914. The van der Waals surface area contributed by atoms with Crippen LogP contribution in [0, 0.1) is 0 Å². The average molecular weight is 177 g/mol. The molecule has 1 rings (SSSR count).